The van der Waals surface area contributed by atoms with Gasteiger partial charge in [0.15, 0.2) is 0 Å². The van der Waals surface area contributed by atoms with E-state index < -0.39 is 11.6 Å². The summed E-state index contributed by atoms with van der Waals surface area (Å²) in [5, 5.41) is 9.52. The molecule has 0 heterocycles. The molecule has 0 saturated heterocycles. The zero-order valence-corrected chi connectivity index (χ0v) is 13.4. The molecule has 1 saturated carbocycles. The number of hydrogen-bond acceptors (Lipinski definition) is 2. The normalized spacial score (nSPS) is 15.2. The fourth-order valence-corrected chi connectivity index (χ4v) is 2.31. The van der Waals surface area contributed by atoms with Crippen LogP contribution in [-0.4, -0.2) is 57.4 Å². The van der Waals surface area contributed by atoms with Gasteiger partial charge in [-0.3, -0.25) is 4.79 Å². The highest BCUT2D eigenvalue weighted by molar-refractivity contribution is 9.09. The van der Waals surface area contributed by atoms with Crippen molar-refractivity contribution in [2.75, 3.05) is 25.0 Å². The number of carbonyl (C=O) groups is 2. The van der Waals surface area contributed by atoms with Crippen LogP contribution in [0.1, 0.15) is 33.6 Å². The Hall–Kier alpha value is -0.780. The van der Waals surface area contributed by atoms with Gasteiger partial charge in [0.1, 0.15) is 0 Å². The summed E-state index contributed by atoms with van der Waals surface area (Å²) in [6.45, 7) is 7.15. The molecule has 1 aliphatic carbocycles. The van der Waals surface area contributed by atoms with Gasteiger partial charge in [-0.05, 0) is 39.5 Å². The number of rotatable bonds is 6. The minimum Gasteiger partial charge on any atom is -0.465 e. The van der Waals surface area contributed by atoms with Crippen LogP contribution in [0.4, 0.5) is 4.79 Å². The molecule has 1 fully saturated rings. The molecule has 6 heteroatoms. The van der Waals surface area contributed by atoms with E-state index in [1.807, 2.05) is 20.8 Å². The number of halogens is 1. The molecule has 1 N–H and O–H groups in total. The Morgan fingerprint density at radius 1 is 1.26 bits per heavy atom. The van der Waals surface area contributed by atoms with Gasteiger partial charge < -0.3 is 14.9 Å². The second kappa shape index (κ2) is 6.59. The molecule has 0 aromatic rings. The molecule has 1 rings (SSSR count). The van der Waals surface area contributed by atoms with Gasteiger partial charge in [0.05, 0.1) is 5.33 Å². The monoisotopic (exact) mass is 334 g/mol. The highest BCUT2D eigenvalue weighted by atomic mass is 79.9. The molecule has 0 aliphatic heterocycles. The number of carboxylic acid groups (broad SMARTS) is 1. The Balaban J connectivity index is 2.57. The molecule has 110 valence electrons. The Morgan fingerprint density at radius 3 is 2.21 bits per heavy atom. The van der Waals surface area contributed by atoms with Crippen LogP contribution in [0, 0.1) is 5.92 Å². The topological polar surface area (TPSA) is 60.9 Å². The van der Waals surface area contributed by atoms with Crippen LogP contribution in [0.5, 0.6) is 0 Å². The Bertz CT molecular complexity index is 337. The fourth-order valence-electron chi connectivity index (χ4n) is 1.95. The van der Waals surface area contributed by atoms with Crippen LogP contribution in [-0.2, 0) is 4.79 Å². The lowest BCUT2D eigenvalue weighted by atomic mass is 10.1. The van der Waals surface area contributed by atoms with E-state index in [0.29, 0.717) is 24.3 Å². The summed E-state index contributed by atoms with van der Waals surface area (Å²) in [7, 11) is 0. The summed E-state index contributed by atoms with van der Waals surface area (Å²) >= 11 is 3.18. The minimum absolute atomic E-state index is 0.0335. The summed E-state index contributed by atoms with van der Waals surface area (Å²) in [4.78, 5) is 26.2. The zero-order chi connectivity index (χ0) is 14.6. The summed E-state index contributed by atoms with van der Waals surface area (Å²) in [6, 6.07) is 0. The van der Waals surface area contributed by atoms with Crippen LogP contribution in [0.25, 0.3) is 0 Å². The van der Waals surface area contributed by atoms with Crippen molar-refractivity contribution in [1.29, 1.82) is 0 Å². The Morgan fingerprint density at radius 2 is 1.84 bits per heavy atom. The average Bonchev–Trinajstić information content (AvgIpc) is 3.08. The lowest BCUT2D eigenvalue weighted by Gasteiger charge is -2.35. The van der Waals surface area contributed by atoms with E-state index in [-0.39, 0.29) is 5.91 Å². The van der Waals surface area contributed by atoms with E-state index in [4.69, 9.17) is 0 Å². The van der Waals surface area contributed by atoms with Crippen LogP contribution in [0.2, 0.25) is 0 Å². The van der Waals surface area contributed by atoms with Crippen molar-refractivity contribution >= 4 is 27.9 Å². The van der Waals surface area contributed by atoms with Crippen molar-refractivity contribution in [3.63, 3.8) is 0 Å². The minimum atomic E-state index is -0.940. The number of hydrogen-bond donors (Lipinski definition) is 1. The number of nitrogens with zero attached hydrogens (tertiary/aromatic N) is 2. The first-order chi connectivity index (χ1) is 8.75. The maximum atomic E-state index is 11.8. The van der Waals surface area contributed by atoms with Crippen LogP contribution in [0.3, 0.4) is 0 Å². The van der Waals surface area contributed by atoms with Crippen LogP contribution >= 0.6 is 15.9 Å². The quantitative estimate of drug-likeness (QED) is 0.758. The van der Waals surface area contributed by atoms with Gasteiger partial charge in [0, 0.05) is 25.2 Å². The first kappa shape index (κ1) is 16.3. The van der Waals surface area contributed by atoms with Crippen molar-refractivity contribution in [2.45, 2.75) is 39.2 Å². The molecule has 0 aromatic heterocycles. The third-order valence-corrected chi connectivity index (χ3v) is 3.76. The van der Waals surface area contributed by atoms with Gasteiger partial charge in [-0.2, -0.15) is 0 Å². The molecule has 19 heavy (non-hydrogen) atoms. The molecule has 0 spiro atoms. The lowest BCUT2D eigenvalue weighted by molar-refractivity contribution is -0.128. The average molecular weight is 335 g/mol. The first-order valence-corrected chi connectivity index (χ1v) is 7.72. The van der Waals surface area contributed by atoms with Crippen molar-refractivity contribution in [1.82, 2.24) is 9.80 Å². The summed E-state index contributed by atoms with van der Waals surface area (Å²) in [5.74, 6) is 0.641. The molecule has 0 aromatic carbocycles. The van der Waals surface area contributed by atoms with E-state index in [1.165, 1.54) is 17.7 Å². The summed E-state index contributed by atoms with van der Waals surface area (Å²) in [5.41, 5.74) is -0.450. The molecular weight excluding hydrogens is 312 g/mol. The predicted octanol–water partition coefficient (Wildman–Crippen LogP) is 2.40. The second-order valence-electron chi connectivity index (χ2n) is 6.02. The predicted molar refractivity (Wildman–Crippen MR) is 77.6 cm³/mol. The van der Waals surface area contributed by atoms with Gasteiger partial charge in [-0.25, -0.2) is 4.79 Å². The summed E-state index contributed by atoms with van der Waals surface area (Å²) < 4.78 is 0. The molecule has 0 radical (unpaired) electrons. The SMILES string of the molecule is CC(C)(C)N(CCN(CC1CC1)C(=O)CBr)C(=O)O. The lowest BCUT2D eigenvalue weighted by Crippen LogP contribution is -2.49. The van der Waals surface area contributed by atoms with E-state index in [0.717, 1.165) is 6.54 Å². The Labute approximate surface area is 123 Å². The van der Waals surface area contributed by atoms with E-state index in [9.17, 15) is 14.7 Å². The fraction of sp³-hybridized carbons (Fsp3) is 0.846. The van der Waals surface area contributed by atoms with Gasteiger partial charge in [0.2, 0.25) is 5.91 Å². The maximum absolute atomic E-state index is 11.8. The van der Waals surface area contributed by atoms with Crippen LogP contribution < -0.4 is 0 Å². The summed E-state index contributed by atoms with van der Waals surface area (Å²) in [6.07, 6.45) is 1.41. The largest absolute Gasteiger partial charge is 0.465 e. The second-order valence-corrected chi connectivity index (χ2v) is 6.58. The van der Waals surface area contributed by atoms with Crippen molar-refractivity contribution in [3.05, 3.63) is 0 Å². The maximum Gasteiger partial charge on any atom is 0.407 e. The molecule has 2 amide bonds. The molecule has 1 aliphatic rings. The van der Waals surface area contributed by atoms with Crippen molar-refractivity contribution in [2.24, 2.45) is 5.92 Å². The third-order valence-electron chi connectivity index (χ3n) is 3.28. The number of amides is 2. The first-order valence-electron chi connectivity index (χ1n) is 6.60. The van der Waals surface area contributed by atoms with E-state index in [1.54, 1.807) is 4.90 Å². The molecule has 0 atom stereocenters. The van der Waals surface area contributed by atoms with Crippen molar-refractivity contribution in [3.8, 4) is 0 Å². The molecule has 5 nitrogen and oxygen atoms in total. The molecule has 0 unspecified atom stereocenters. The van der Waals surface area contributed by atoms with Gasteiger partial charge >= 0.3 is 6.09 Å². The van der Waals surface area contributed by atoms with Gasteiger partial charge in [-0.15, -0.1) is 0 Å². The van der Waals surface area contributed by atoms with Crippen molar-refractivity contribution < 1.29 is 14.7 Å². The van der Waals surface area contributed by atoms with E-state index >= 15 is 0 Å². The third kappa shape index (κ3) is 5.38. The highest BCUT2D eigenvalue weighted by Crippen LogP contribution is 2.29. The molecule has 0 bridgehead atoms. The molecular formula is C13H23BrN2O3. The highest BCUT2D eigenvalue weighted by Gasteiger charge is 2.29. The standard InChI is InChI=1S/C13H23BrN2O3/c1-13(2,3)16(12(18)19)7-6-15(11(17)8-14)9-10-4-5-10/h10H,4-9H2,1-3H3,(H,18,19). The van der Waals surface area contributed by atoms with Crippen LogP contribution in [0.15, 0.2) is 0 Å². The zero-order valence-electron chi connectivity index (χ0n) is 11.9. The van der Waals surface area contributed by atoms with E-state index in [2.05, 4.69) is 15.9 Å². The van der Waals surface area contributed by atoms with Gasteiger partial charge in [-0.1, -0.05) is 15.9 Å². The Kier molecular flexibility index (Phi) is 5.64. The van der Waals surface area contributed by atoms with Gasteiger partial charge in [0.25, 0.3) is 0 Å². The smallest absolute Gasteiger partial charge is 0.407 e. The number of alkyl halides is 1. The number of carbonyl (C=O) groups excluding carboxylic acids is 1.